The first-order valence-corrected chi connectivity index (χ1v) is 9.34. The van der Waals surface area contributed by atoms with Gasteiger partial charge in [-0.3, -0.25) is 9.59 Å². The SMILES string of the molecule is CC(=O)N1CCN(S(=O)(=O)c2ccccc2)CC2(CNC(=O)C2)C1. The molecule has 24 heavy (non-hydrogen) atoms. The van der Waals surface area contributed by atoms with Crippen LogP contribution in [0.15, 0.2) is 35.2 Å². The maximum Gasteiger partial charge on any atom is 0.243 e. The van der Waals surface area contributed by atoms with E-state index in [0.29, 0.717) is 19.6 Å². The number of carbonyl (C=O) groups excluding carboxylic acids is 2. The van der Waals surface area contributed by atoms with E-state index >= 15 is 0 Å². The van der Waals surface area contributed by atoms with Gasteiger partial charge in [-0.1, -0.05) is 18.2 Å². The van der Waals surface area contributed by atoms with Gasteiger partial charge in [-0.05, 0) is 12.1 Å². The standard InChI is InChI=1S/C16H21N3O4S/c1-13(20)18-7-8-19(12-16(11-18)9-15(21)17-10-16)24(22,23)14-5-3-2-4-6-14/h2-6H,7-12H2,1H3,(H,17,21). The number of rotatable bonds is 2. The Labute approximate surface area is 141 Å². The number of hydrogen-bond acceptors (Lipinski definition) is 4. The van der Waals surface area contributed by atoms with Gasteiger partial charge in [-0.25, -0.2) is 8.42 Å². The van der Waals surface area contributed by atoms with E-state index in [-0.39, 0.29) is 36.2 Å². The summed E-state index contributed by atoms with van der Waals surface area (Å²) >= 11 is 0. The summed E-state index contributed by atoms with van der Waals surface area (Å²) in [5.74, 6) is -0.204. The van der Waals surface area contributed by atoms with Crippen molar-refractivity contribution in [3.63, 3.8) is 0 Å². The molecule has 2 amide bonds. The molecule has 1 aromatic rings. The summed E-state index contributed by atoms with van der Waals surface area (Å²) in [7, 11) is -3.66. The smallest absolute Gasteiger partial charge is 0.243 e. The van der Waals surface area contributed by atoms with Crippen molar-refractivity contribution in [1.82, 2.24) is 14.5 Å². The average Bonchev–Trinajstić information content (AvgIpc) is 2.79. The van der Waals surface area contributed by atoms with Crippen molar-refractivity contribution in [3.8, 4) is 0 Å². The maximum atomic E-state index is 13.0. The molecule has 1 unspecified atom stereocenters. The van der Waals surface area contributed by atoms with Crippen LogP contribution in [0.5, 0.6) is 0 Å². The third-order valence-electron chi connectivity index (χ3n) is 4.68. The van der Waals surface area contributed by atoms with Gasteiger partial charge in [-0.15, -0.1) is 0 Å². The van der Waals surface area contributed by atoms with Gasteiger partial charge in [-0.2, -0.15) is 4.31 Å². The Balaban J connectivity index is 1.94. The number of sulfonamides is 1. The second-order valence-corrected chi connectivity index (χ2v) is 8.48. The Bertz CT molecular complexity index is 750. The zero-order chi connectivity index (χ0) is 17.4. The fraction of sp³-hybridized carbons (Fsp3) is 0.500. The minimum absolute atomic E-state index is 0.0996. The first-order chi connectivity index (χ1) is 11.3. The summed E-state index contributed by atoms with van der Waals surface area (Å²) < 4.78 is 27.3. The van der Waals surface area contributed by atoms with Gasteiger partial charge in [0.1, 0.15) is 0 Å². The third-order valence-corrected chi connectivity index (χ3v) is 6.54. The minimum atomic E-state index is -3.66. The van der Waals surface area contributed by atoms with Crippen molar-refractivity contribution in [3.05, 3.63) is 30.3 Å². The van der Waals surface area contributed by atoms with Crippen LogP contribution in [0.4, 0.5) is 0 Å². The monoisotopic (exact) mass is 351 g/mol. The topological polar surface area (TPSA) is 86.8 Å². The summed E-state index contributed by atoms with van der Waals surface area (Å²) in [4.78, 5) is 25.5. The highest BCUT2D eigenvalue weighted by molar-refractivity contribution is 7.89. The van der Waals surface area contributed by atoms with Crippen LogP contribution in [0, 0.1) is 5.41 Å². The highest BCUT2D eigenvalue weighted by Gasteiger charge is 2.45. The van der Waals surface area contributed by atoms with Crippen LogP contribution in [-0.4, -0.2) is 62.2 Å². The zero-order valence-electron chi connectivity index (χ0n) is 13.6. The van der Waals surface area contributed by atoms with E-state index in [1.165, 1.54) is 11.2 Å². The molecule has 8 heteroatoms. The number of nitrogens with zero attached hydrogens (tertiary/aromatic N) is 2. The predicted octanol–water partition coefficient (Wildman–Crippen LogP) is 0.0457. The summed E-state index contributed by atoms with van der Waals surface area (Å²) in [5.41, 5.74) is -0.568. The van der Waals surface area contributed by atoms with Crippen LogP contribution in [0.1, 0.15) is 13.3 Å². The van der Waals surface area contributed by atoms with E-state index in [4.69, 9.17) is 0 Å². The Hall–Kier alpha value is -1.93. The lowest BCUT2D eigenvalue weighted by molar-refractivity contribution is -0.130. The highest BCUT2D eigenvalue weighted by Crippen LogP contribution is 2.33. The van der Waals surface area contributed by atoms with Crippen LogP contribution in [0.2, 0.25) is 0 Å². The van der Waals surface area contributed by atoms with Gasteiger partial charge in [0.25, 0.3) is 0 Å². The molecule has 1 spiro atoms. The molecule has 2 heterocycles. The highest BCUT2D eigenvalue weighted by atomic mass is 32.2. The number of carbonyl (C=O) groups is 2. The molecular formula is C16H21N3O4S. The Morgan fingerprint density at radius 1 is 1.17 bits per heavy atom. The lowest BCUT2D eigenvalue weighted by Crippen LogP contribution is -2.44. The molecule has 0 saturated carbocycles. The van der Waals surface area contributed by atoms with E-state index in [9.17, 15) is 18.0 Å². The molecule has 2 fully saturated rings. The lowest BCUT2D eigenvalue weighted by atomic mass is 9.86. The van der Waals surface area contributed by atoms with Crippen molar-refractivity contribution >= 4 is 21.8 Å². The summed E-state index contributed by atoms with van der Waals surface area (Å²) in [6.07, 6.45) is 0.234. The molecule has 130 valence electrons. The van der Waals surface area contributed by atoms with Crippen molar-refractivity contribution in [2.24, 2.45) is 5.41 Å². The third kappa shape index (κ3) is 3.16. The quantitative estimate of drug-likeness (QED) is 0.815. The number of benzene rings is 1. The number of amides is 2. The second kappa shape index (κ2) is 6.18. The Morgan fingerprint density at radius 3 is 2.46 bits per heavy atom. The van der Waals surface area contributed by atoms with Crippen LogP contribution >= 0.6 is 0 Å². The van der Waals surface area contributed by atoms with E-state index in [0.717, 1.165) is 0 Å². The zero-order valence-corrected chi connectivity index (χ0v) is 14.4. The first-order valence-electron chi connectivity index (χ1n) is 7.90. The summed E-state index contributed by atoms with van der Waals surface area (Å²) in [6.45, 7) is 3.04. The Kier molecular flexibility index (Phi) is 4.35. The van der Waals surface area contributed by atoms with Crippen LogP contribution in [-0.2, 0) is 19.6 Å². The average molecular weight is 351 g/mol. The molecule has 0 aliphatic carbocycles. The van der Waals surface area contributed by atoms with E-state index < -0.39 is 15.4 Å². The van der Waals surface area contributed by atoms with Crippen molar-refractivity contribution in [2.45, 2.75) is 18.2 Å². The van der Waals surface area contributed by atoms with Crippen LogP contribution < -0.4 is 5.32 Å². The maximum absolute atomic E-state index is 13.0. The molecule has 7 nitrogen and oxygen atoms in total. The second-order valence-electron chi connectivity index (χ2n) is 6.55. The molecule has 2 aliphatic heterocycles. The summed E-state index contributed by atoms with van der Waals surface area (Å²) in [5, 5.41) is 2.78. The molecule has 1 aromatic carbocycles. The van der Waals surface area contributed by atoms with E-state index in [2.05, 4.69) is 5.32 Å². The molecule has 1 atom stereocenters. The van der Waals surface area contributed by atoms with Crippen LogP contribution in [0.3, 0.4) is 0 Å². The number of hydrogen-bond donors (Lipinski definition) is 1. The fourth-order valence-electron chi connectivity index (χ4n) is 3.41. The van der Waals surface area contributed by atoms with Crippen molar-refractivity contribution in [2.75, 3.05) is 32.7 Å². The van der Waals surface area contributed by atoms with E-state index in [1.807, 2.05) is 0 Å². The molecule has 0 aromatic heterocycles. The first kappa shape index (κ1) is 16.9. The molecular weight excluding hydrogens is 330 g/mol. The molecule has 3 rings (SSSR count). The van der Waals surface area contributed by atoms with Gasteiger partial charge >= 0.3 is 0 Å². The van der Waals surface area contributed by atoms with Crippen molar-refractivity contribution < 1.29 is 18.0 Å². The minimum Gasteiger partial charge on any atom is -0.355 e. The van der Waals surface area contributed by atoms with Gasteiger partial charge < -0.3 is 10.2 Å². The molecule has 0 radical (unpaired) electrons. The molecule has 0 bridgehead atoms. The molecule has 2 saturated heterocycles. The summed E-state index contributed by atoms with van der Waals surface area (Å²) in [6, 6.07) is 8.26. The van der Waals surface area contributed by atoms with Gasteiger partial charge in [0.2, 0.25) is 21.8 Å². The van der Waals surface area contributed by atoms with Crippen LogP contribution in [0.25, 0.3) is 0 Å². The van der Waals surface area contributed by atoms with E-state index in [1.54, 1.807) is 35.2 Å². The van der Waals surface area contributed by atoms with Gasteiger partial charge in [0.15, 0.2) is 0 Å². The largest absolute Gasteiger partial charge is 0.355 e. The Morgan fingerprint density at radius 2 is 1.88 bits per heavy atom. The lowest BCUT2D eigenvalue weighted by Gasteiger charge is -2.32. The number of nitrogens with one attached hydrogen (secondary N) is 1. The van der Waals surface area contributed by atoms with Gasteiger partial charge in [0.05, 0.1) is 4.90 Å². The predicted molar refractivity (Wildman–Crippen MR) is 87.5 cm³/mol. The van der Waals surface area contributed by atoms with Crippen molar-refractivity contribution in [1.29, 1.82) is 0 Å². The molecule has 1 N–H and O–H groups in total. The normalized spacial score (nSPS) is 25.5. The molecule has 2 aliphatic rings. The fourth-order valence-corrected chi connectivity index (χ4v) is 4.98. The van der Waals surface area contributed by atoms with Gasteiger partial charge in [0, 0.05) is 51.5 Å².